The Kier molecular flexibility index (Phi) is 7.71. The van der Waals surface area contributed by atoms with E-state index in [1.807, 2.05) is 24.3 Å². The topological polar surface area (TPSA) is 61.4 Å². The molecule has 2 aliphatic heterocycles. The molecule has 0 bridgehead atoms. The third-order valence-corrected chi connectivity index (χ3v) is 7.72. The van der Waals surface area contributed by atoms with Crippen molar-refractivity contribution in [1.29, 1.82) is 0 Å². The van der Waals surface area contributed by atoms with E-state index in [0.29, 0.717) is 29.3 Å². The van der Waals surface area contributed by atoms with Gasteiger partial charge in [-0.1, -0.05) is 48.0 Å². The number of carbonyl (C=O) groups excluding carboxylic acids is 2. The maximum atomic E-state index is 13.9. The van der Waals surface area contributed by atoms with E-state index >= 15 is 0 Å². The zero-order valence-corrected chi connectivity index (χ0v) is 19.3. The van der Waals surface area contributed by atoms with Crippen LogP contribution in [0.3, 0.4) is 0 Å². The zero-order valence-electron chi connectivity index (χ0n) is 17.7. The van der Waals surface area contributed by atoms with Crippen LogP contribution in [0.15, 0.2) is 48.5 Å². The fraction of sp³-hybridized carbons (Fsp3) is 0.417. The molecular formula is C24H27ClFN3O2S. The van der Waals surface area contributed by atoms with Gasteiger partial charge in [-0.25, -0.2) is 4.39 Å². The number of nitrogens with one attached hydrogen (secondary N) is 2. The number of likely N-dealkylation sites (tertiary alicyclic amines) is 1. The minimum absolute atomic E-state index is 0.00380. The maximum Gasteiger partial charge on any atom is 0.243 e. The molecule has 2 fully saturated rings. The molecule has 8 heteroatoms. The minimum atomic E-state index is -0.602. The van der Waals surface area contributed by atoms with E-state index in [2.05, 4.69) is 15.5 Å². The predicted octanol–water partition coefficient (Wildman–Crippen LogP) is 3.58. The third-order valence-electron chi connectivity index (χ3n) is 6.07. The Hall–Kier alpha value is -2.09. The number of thioether (sulfide) groups is 1. The van der Waals surface area contributed by atoms with Crippen LogP contribution in [-0.2, 0) is 16.0 Å². The highest BCUT2D eigenvalue weighted by Crippen LogP contribution is 2.30. The molecule has 32 heavy (non-hydrogen) atoms. The molecule has 0 saturated carbocycles. The number of nitrogens with zero attached hydrogens (tertiary/aromatic N) is 1. The molecule has 2 aliphatic rings. The smallest absolute Gasteiger partial charge is 0.243 e. The second-order valence-electron chi connectivity index (χ2n) is 8.20. The third kappa shape index (κ3) is 5.45. The van der Waals surface area contributed by atoms with E-state index in [4.69, 9.17) is 11.6 Å². The molecule has 2 saturated heterocycles. The van der Waals surface area contributed by atoms with Crippen LogP contribution in [0, 0.1) is 5.82 Å². The molecular weight excluding hydrogens is 449 g/mol. The lowest BCUT2D eigenvalue weighted by Crippen LogP contribution is -2.55. The molecule has 3 atom stereocenters. The SMILES string of the molecule is O=C(NC[C@H](c1ccccc1Cl)N1CCCC1)[C@@H]1CS[C@@H](Cc2ccccc2F)C(=O)N1. The molecule has 5 nitrogen and oxygen atoms in total. The number of amides is 2. The molecule has 2 aromatic rings. The van der Waals surface area contributed by atoms with E-state index in [1.165, 1.54) is 17.8 Å². The second-order valence-corrected chi connectivity index (χ2v) is 9.85. The van der Waals surface area contributed by atoms with Gasteiger partial charge < -0.3 is 10.6 Å². The van der Waals surface area contributed by atoms with Crippen LogP contribution in [-0.4, -0.2) is 53.4 Å². The Morgan fingerprint density at radius 2 is 1.91 bits per heavy atom. The van der Waals surface area contributed by atoms with Crippen molar-refractivity contribution in [1.82, 2.24) is 15.5 Å². The predicted molar refractivity (Wildman–Crippen MR) is 126 cm³/mol. The molecule has 2 N–H and O–H groups in total. The van der Waals surface area contributed by atoms with Gasteiger partial charge in [0.15, 0.2) is 0 Å². The van der Waals surface area contributed by atoms with Crippen LogP contribution < -0.4 is 10.6 Å². The number of halogens is 2. The fourth-order valence-corrected chi connectivity index (χ4v) is 5.74. The highest BCUT2D eigenvalue weighted by atomic mass is 35.5. The highest BCUT2D eigenvalue weighted by Gasteiger charge is 2.33. The van der Waals surface area contributed by atoms with Gasteiger partial charge >= 0.3 is 0 Å². The number of hydrogen-bond acceptors (Lipinski definition) is 4. The van der Waals surface area contributed by atoms with Crippen LogP contribution >= 0.6 is 23.4 Å². The van der Waals surface area contributed by atoms with Crippen LogP contribution in [0.25, 0.3) is 0 Å². The maximum absolute atomic E-state index is 13.9. The summed E-state index contributed by atoms with van der Waals surface area (Å²) < 4.78 is 13.9. The molecule has 2 aromatic carbocycles. The Morgan fingerprint density at radius 3 is 2.62 bits per heavy atom. The van der Waals surface area contributed by atoms with E-state index < -0.39 is 11.3 Å². The van der Waals surface area contributed by atoms with E-state index in [1.54, 1.807) is 18.2 Å². The quantitative estimate of drug-likeness (QED) is 0.642. The largest absolute Gasteiger partial charge is 0.352 e. The van der Waals surface area contributed by atoms with Crippen molar-refractivity contribution in [2.75, 3.05) is 25.4 Å². The average Bonchev–Trinajstić information content (AvgIpc) is 3.32. The van der Waals surface area contributed by atoms with Crippen molar-refractivity contribution in [3.63, 3.8) is 0 Å². The van der Waals surface area contributed by atoms with Crippen LogP contribution in [0.1, 0.15) is 30.0 Å². The molecule has 0 unspecified atom stereocenters. The summed E-state index contributed by atoms with van der Waals surface area (Å²) in [7, 11) is 0. The molecule has 0 aliphatic carbocycles. The van der Waals surface area contributed by atoms with Gasteiger partial charge in [0.1, 0.15) is 11.9 Å². The zero-order chi connectivity index (χ0) is 22.5. The molecule has 0 aromatic heterocycles. The molecule has 0 radical (unpaired) electrons. The lowest BCUT2D eigenvalue weighted by molar-refractivity contribution is -0.128. The summed E-state index contributed by atoms with van der Waals surface area (Å²) in [6.07, 6.45) is 2.57. The molecule has 170 valence electrons. The number of rotatable bonds is 7. The number of hydrogen-bond donors (Lipinski definition) is 2. The van der Waals surface area contributed by atoms with Gasteiger partial charge in [0.05, 0.1) is 11.3 Å². The van der Waals surface area contributed by atoms with Crippen LogP contribution in [0.4, 0.5) is 4.39 Å². The van der Waals surface area contributed by atoms with E-state index in [9.17, 15) is 14.0 Å². The van der Waals surface area contributed by atoms with Crippen molar-refractivity contribution in [2.45, 2.75) is 36.6 Å². The number of benzene rings is 2. The Balaban J connectivity index is 1.35. The Bertz CT molecular complexity index is 970. The normalized spacial score (nSPS) is 22.4. The van der Waals surface area contributed by atoms with Crippen molar-refractivity contribution < 1.29 is 14.0 Å². The van der Waals surface area contributed by atoms with Gasteiger partial charge in [0.2, 0.25) is 11.8 Å². The van der Waals surface area contributed by atoms with Gasteiger partial charge in [-0.2, -0.15) is 0 Å². The summed E-state index contributed by atoms with van der Waals surface area (Å²) >= 11 is 7.85. The van der Waals surface area contributed by atoms with Gasteiger partial charge in [-0.3, -0.25) is 14.5 Å². The summed E-state index contributed by atoms with van der Waals surface area (Å²) in [6, 6.07) is 13.6. The second kappa shape index (κ2) is 10.7. The van der Waals surface area contributed by atoms with E-state index in [-0.39, 0.29) is 23.7 Å². The first-order valence-corrected chi connectivity index (χ1v) is 12.4. The summed E-state index contributed by atoms with van der Waals surface area (Å²) in [5.74, 6) is -0.288. The lowest BCUT2D eigenvalue weighted by Gasteiger charge is -2.31. The minimum Gasteiger partial charge on any atom is -0.352 e. The molecule has 0 spiro atoms. The summed E-state index contributed by atoms with van der Waals surface area (Å²) in [6.45, 7) is 2.37. The van der Waals surface area contributed by atoms with Crippen molar-refractivity contribution in [3.05, 3.63) is 70.5 Å². The monoisotopic (exact) mass is 475 g/mol. The first-order valence-electron chi connectivity index (χ1n) is 10.9. The molecule has 2 heterocycles. The molecule has 2 amide bonds. The van der Waals surface area contributed by atoms with Gasteiger partial charge in [0, 0.05) is 17.3 Å². The number of carbonyl (C=O) groups is 2. The highest BCUT2D eigenvalue weighted by molar-refractivity contribution is 8.00. The van der Waals surface area contributed by atoms with Gasteiger partial charge in [0.25, 0.3) is 0 Å². The fourth-order valence-electron chi connectivity index (χ4n) is 4.31. The Morgan fingerprint density at radius 1 is 1.19 bits per heavy atom. The Labute approximate surface area is 197 Å². The van der Waals surface area contributed by atoms with Gasteiger partial charge in [-0.05, 0) is 55.6 Å². The van der Waals surface area contributed by atoms with Crippen LogP contribution in [0.2, 0.25) is 5.02 Å². The molecule has 4 rings (SSSR count). The summed E-state index contributed by atoms with van der Waals surface area (Å²) in [4.78, 5) is 27.8. The average molecular weight is 476 g/mol. The van der Waals surface area contributed by atoms with Crippen molar-refractivity contribution in [2.24, 2.45) is 0 Å². The van der Waals surface area contributed by atoms with Gasteiger partial charge in [-0.15, -0.1) is 11.8 Å². The standard InChI is InChI=1S/C24H27ClFN3O2S/c25-18-9-3-2-8-17(18)21(29-11-5-6-12-29)14-27-23(30)20-15-32-22(24(31)28-20)13-16-7-1-4-10-19(16)26/h1-4,7-10,20-22H,5-6,11-15H2,(H,27,30)(H,28,31)/t20-,21+,22-/m0/s1. The van der Waals surface area contributed by atoms with Crippen molar-refractivity contribution in [3.8, 4) is 0 Å². The van der Waals surface area contributed by atoms with Crippen LogP contribution in [0.5, 0.6) is 0 Å². The first kappa shape index (κ1) is 23.1. The lowest BCUT2D eigenvalue weighted by atomic mass is 10.0. The summed E-state index contributed by atoms with van der Waals surface area (Å²) in [5, 5.41) is 6.12. The van der Waals surface area contributed by atoms with Crippen molar-refractivity contribution >= 4 is 35.2 Å². The van der Waals surface area contributed by atoms with E-state index in [0.717, 1.165) is 31.5 Å². The summed E-state index contributed by atoms with van der Waals surface area (Å²) in [5.41, 5.74) is 1.51. The first-order chi connectivity index (χ1) is 15.5.